The highest BCUT2D eigenvalue weighted by Gasteiger charge is 2.29. The van der Waals surface area contributed by atoms with Crippen molar-refractivity contribution in [2.75, 3.05) is 11.5 Å². The number of furan rings is 1. The molecule has 4 nitrogen and oxygen atoms in total. The molecule has 84 valence electrons. The zero-order valence-electron chi connectivity index (χ0n) is 8.64. The summed E-state index contributed by atoms with van der Waals surface area (Å²) in [6.07, 6.45) is 2.33. The standard InChI is InChI=1S/C10H15NO3S/c1-8(10-3-2-5-14-10)11-9-4-6-15(12,13)7-9/h2-3,5,8-9,11H,4,6-7H2,1H3/t8-,9?/m1/s1. The van der Waals surface area contributed by atoms with E-state index in [2.05, 4.69) is 5.32 Å². The average Bonchev–Trinajstić information content (AvgIpc) is 2.74. The minimum Gasteiger partial charge on any atom is -0.468 e. The van der Waals surface area contributed by atoms with Gasteiger partial charge in [-0.3, -0.25) is 0 Å². The van der Waals surface area contributed by atoms with E-state index in [4.69, 9.17) is 4.42 Å². The number of hydrogen-bond acceptors (Lipinski definition) is 4. The normalized spacial score (nSPS) is 26.6. The van der Waals surface area contributed by atoms with Gasteiger partial charge in [0.05, 0.1) is 23.8 Å². The van der Waals surface area contributed by atoms with Gasteiger partial charge >= 0.3 is 0 Å². The molecule has 2 atom stereocenters. The zero-order valence-corrected chi connectivity index (χ0v) is 9.46. The van der Waals surface area contributed by atoms with Crippen molar-refractivity contribution in [2.45, 2.75) is 25.4 Å². The van der Waals surface area contributed by atoms with Crippen LogP contribution in [0.5, 0.6) is 0 Å². The molecule has 1 aliphatic rings. The Morgan fingerprint density at radius 2 is 2.40 bits per heavy atom. The van der Waals surface area contributed by atoms with Crippen molar-refractivity contribution in [1.29, 1.82) is 0 Å². The summed E-state index contributed by atoms with van der Waals surface area (Å²) in [4.78, 5) is 0. The minimum absolute atomic E-state index is 0.0649. The van der Waals surface area contributed by atoms with Gasteiger partial charge < -0.3 is 9.73 Å². The first kappa shape index (κ1) is 10.7. The molecule has 1 N–H and O–H groups in total. The van der Waals surface area contributed by atoms with Crippen LogP contribution < -0.4 is 5.32 Å². The topological polar surface area (TPSA) is 59.3 Å². The number of sulfone groups is 1. The van der Waals surface area contributed by atoms with Gasteiger partial charge in [-0.15, -0.1) is 0 Å². The zero-order chi connectivity index (χ0) is 10.9. The van der Waals surface area contributed by atoms with Crippen LogP contribution in [0.25, 0.3) is 0 Å². The number of rotatable bonds is 3. The highest BCUT2D eigenvalue weighted by atomic mass is 32.2. The summed E-state index contributed by atoms with van der Waals surface area (Å²) in [5.74, 6) is 1.40. The second kappa shape index (κ2) is 3.98. The van der Waals surface area contributed by atoms with Crippen molar-refractivity contribution < 1.29 is 12.8 Å². The maximum atomic E-state index is 11.2. The summed E-state index contributed by atoms with van der Waals surface area (Å²) < 4.78 is 27.7. The summed E-state index contributed by atoms with van der Waals surface area (Å²) in [6.45, 7) is 1.98. The average molecular weight is 229 g/mol. The summed E-state index contributed by atoms with van der Waals surface area (Å²) in [5.41, 5.74) is 0. The Morgan fingerprint density at radius 1 is 1.60 bits per heavy atom. The molecule has 0 amide bonds. The molecule has 0 aliphatic carbocycles. The van der Waals surface area contributed by atoms with Gasteiger partial charge in [0.2, 0.25) is 0 Å². The first-order valence-electron chi connectivity index (χ1n) is 5.07. The van der Waals surface area contributed by atoms with Crippen molar-refractivity contribution in [1.82, 2.24) is 5.32 Å². The van der Waals surface area contributed by atoms with E-state index in [0.29, 0.717) is 12.2 Å². The second-order valence-electron chi connectivity index (χ2n) is 4.00. The lowest BCUT2D eigenvalue weighted by Gasteiger charge is -2.16. The van der Waals surface area contributed by atoms with Crippen LogP contribution >= 0.6 is 0 Å². The molecule has 5 heteroatoms. The van der Waals surface area contributed by atoms with E-state index < -0.39 is 9.84 Å². The Bertz CT molecular complexity index is 410. The minimum atomic E-state index is -2.80. The van der Waals surface area contributed by atoms with Crippen LogP contribution in [-0.4, -0.2) is 26.0 Å². The lowest BCUT2D eigenvalue weighted by molar-refractivity contribution is 0.400. The Morgan fingerprint density at radius 3 is 2.93 bits per heavy atom. The van der Waals surface area contributed by atoms with Crippen LogP contribution in [0.2, 0.25) is 0 Å². The molecule has 2 rings (SSSR count). The lowest BCUT2D eigenvalue weighted by Crippen LogP contribution is -2.32. The van der Waals surface area contributed by atoms with E-state index in [-0.39, 0.29) is 17.8 Å². The van der Waals surface area contributed by atoms with Crippen LogP contribution in [0, 0.1) is 0 Å². The fraction of sp³-hybridized carbons (Fsp3) is 0.600. The van der Waals surface area contributed by atoms with Gasteiger partial charge in [-0.25, -0.2) is 8.42 Å². The molecule has 1 aromatic heterocycles. The van der Waals surface area contributed by atoms with Gasteiger partial charge in [0.1, 0.15) is 5.76 Å². The Hall–Kier alpha value is -0.810. The van der Waals surface area contributed by atoms with Crippen LogP contribution in [0.4, 0.5) is 0 Å². The summed E-state index contributed by atoms with van der Waals surface area (Å²) in [5, 5.41) is 3.26. The smallest absolute Gasteiger partial charge is 0.151 e. The number of hydrogen-bond donors (Lipinski definition) is 1. The van der Waals surface area contributed by atoms with Crippen molar-refractivity contribution in [2.24, 2.45) is 0 Å². The van der Waals surface area contributed by atoms with E-state index >= 15 is 0 Å². The molecule has 0 radical (unpaired) electrons. The molecule has 2 heterocycles. The predicted octanol–water partition coefficient (Wildman–Crippen LogP) is 1.12. The highest BCUT2D eigenvalue weighted by Crippen LogP contribution is 2.18. The Kier molecular flexibility index (Phi) is 2.84. The number of nitrogens with one attached hydrogen (secondary N) is 1. The molecule has 0 saturated carbocycles. The van der Waals surface area contributed by atoms with Crippen LogP contribution in [-0.2, 0) is 9.84 Å². The third-order valence-electron chi connectivity index (χ3n) is 2.69. The molecular formula is C10H15NO3S. The van der Waals surface area contributed by atoms with Gasteiger partial charge in [-0.1, -0.05) is 0 Å². The fourth-order valence-electron chi connectivity index (χ4n) is 1.90. The van der Waals surface area contributed by atoms with Crippen molar-refractivity contribution >= 4 is 9.84 Å². The molecule has 0 aromatic carbocycles. The molecule has 1 unspecified atom stereocenters. The SMILES string of the molecule is C[C@@H](NC1CCS(=O)(=O)C1)c1ccco1. The van der Waals surface area contributed by atoms with Crippen LogP contribution in [0.1, 0.15) is 25.1 Å². The molecule has 15 heavy (non-hydrogen) atoms. The van der Waals surface area contributed by atoms with Gasteiger partial charge in [0, 0.05) is 6.04 Å². The quantitative estimate of drug-likeness (QED) is 0.843. The molecular weight excluding hydrogens is 214 g/mol. The lowest BCUT2D eigenvalue weighted by atomic mass is 10.2. The molecule has 1 saturated heterocycles. The maximum absolute atomic E-state index is 11.2. The predicted molar refractivity (Wildman–Crippen MR) is 57.3 cm³/mol. The monoisotopic (exact) mass is 229 g/mol. The van der Waals surface area contributed by atoms with E-state index in [1.165, 1.54) is 0 Å². The molecule has 1 aliphatic heterocycles. The maximum Gasteiger partial charge on any atom is 0.151 e. The summed E-state index contributed by atoms with van der Waals surface area (Å²) >= 11 is 0. The molecule has 1 fully saturated rings. The molecule has 1 aromatic rings. The van der Waals surface area contributed by atoms with Gasteiger partial charge in [-0.2, -0.15) is 0 Å². The van der Waals surface area contributed by atoms with Crippen molar-refractivity contribution in [3.63, 3.8) is 0 Å². The first-order valence-corrected chi connectivity index (χ1v) is 6.89. The van der Waals surface area contributed by atoms with E-state index in [1.807, 2.05) is 19.1 Å². The van der Waals surface area contributed by atoms with Gasteiger partial charge in [0.25, 0.3) is 0 Å². The molecule has 0 spiro atoms. The van der Waals surface area contributed by atoms with E-state index in [9.17, 15) is 8.42 Å². The van der Waals surface area contributed by atoms with Crippen molar-refractivity contribution in [3.05, 3.63) is 24.2 Å². The Labute approximate surface area is 89.6 Å². The first-order chi connectivity index (χ1) is 7.07. The summed E-state index contributed by atoms with van der Waals surface area (Å²) in [6, 6.07) is 3.86. The highest BCUT2D eigenvalue weighted by molar-refractivity contribution is 7.91. The largest absolute Gasteiger partial charge is 0.468 e. The third kappa shape index (κ3) is 2.60. The van der Waals surface area contributed by atoms with E-state index in [0.717, 1.165) is 5.76 Å². The fourth-order valence-corrected chi connectivity index (χ4v) is 3.59. The third-order valence-corrected chi connectivity index (χ3v) is 4.46. The van der Waals surface area contributed by atoms with Gasteiger partial charge in [-0.05, 0) is 25.5 Å². The summed E-state index contributed by atoms with van der Waals surface area (Å²) in [7, 11) is -2.80. The Balaban J connectivity index is 1.94. The van der Waals surface area contributed by atoms with E-state index in [1.54, 1.807) is 6.26 Å². The van der Waals surface area contributed by atoms with Crippen molar-refractivity contribution in [3.8, 4) is 0 Å². The van der Waals surface area contributed by atoms with Crippen LogP contribution in [0.15, 0.2) is 22.8 Å². The van der Waals surface area contributed by atoms with Gasteiger partial charge in [0.15, 0.2) is 9.84 Å². The molecule has 0 bridgehead atoms. The van der Waals surface area contributed by atoms with Crippen LogP contribution in [0.3, 0.4) is 0 Å². The second-order valence-corrected chi connectivity index (χ2v) is 6.23.